The van der Waals surface area contributed by atoms with Gasteiger partial charge in [0.05, 0.1) is 5.69 Å². The van der Waals surface area contributed by atoms with E-state index >= 15 is 0 Å². The summed E-state index contributed by atoms with van der Waals surface area (Å²) in [5.41, 5.74) is 6.18. The molecular weight excluding hydrogens is 224 g/mol. The van der Waals surface area contributed by atoms with Crippen molar-refractivity contribution in [3.05, 3.63) is 65.2 Å². The van der Waals surface area contributed by atoms with Crippen LogP contribution in [0.3, 0.4) is 0 Å². The van der Waals surface area contributed by atoms with Gasteiger partial charge in [-0.3, -0.25) is 0 Å². The second-order valence-corrected chi connectivity index (χ2v) is 3.70. The van der Waals surface area contributed by atoms with Crippen LogP contribution < -0.4 is 5.73 Å². The Morgan fingerprint density at radius 2 is 1.65 bits per heavy atom. The zero-order valence-corrected chi connectivity index (χ0v) is 8.90. The van der Waals surface area contributed by atoms with E-state index in [9.17, 15) is 13.9 Å². The fourth-order valence-electron chi connectivity index (χ4n) is 1.62. The largest absolute Gasteiger partial charge is 0.396 e. The second kappa shape index (κ2) is 4.51. The molecule has 2 aromatic carbocycles. The third kappa shape index (κ3) is 2.26. The van der Waals surface area contributed by atoms with Gasteiger partial charge in [-0.15, -0.1) is 0 Å². The Bertz CT molecular complexity index is 525. The van der Waals surface area contributed by atoms with Gasteiger partial charge in [-0.25, -0.2) is 8.78 Å². The third-order valence-corrected chi connectivity index (χ3v) is 2.57. The molecule has 0 aliphatic heterocycles. The van der Waals surface area contributed by atoms with Crippen molar-refractivity contribution in [1.82, 2.24) is 0 Å². The Kier molecular flexibility index (Phi) is 3.06. The average Bonchev–Trinajstić information content (AvgIpc) is 2.33. The molecule has 0 heterocycles. The highest BCUT2D eigenvalue weighted by molar-refractivity contribution is 5.51. The van der Waals surface area contributed by atoms with Crippen molar-refractivity contribution in [2.75, 3.05) is 5.73 Å². The van der Waals surface area contributed by atoms with Crippen LogP contribution in [0.1, 0.15) is 17.2 Å². The van der Waals surface area contributed by atoms with E-state index in [1.165, 1.54) is 42.5 Å². The minimum absolute atomic E-state index is 0.0932. The lowest BCUT2D eigenvalue weighted by atomic mass is 10.00. The predicted molar refractivity (Wildman–Crippen MR) is 61.3 cm³/mol. The molecule has 0 amide bonds. The molecule has 0 aromatic heterocycles. The van der Waals surface area contributed by atoms with Crippen molar-refractivity contribution in [3.63, 3.8) is 0 Å². The number of nitrogens with two attached hydrogens (primary N) is 1. The fourth-order valence-corrected chi connectivity index (χ4v) is 1.62. The molecule has 88 valence electrons. The molecule has 0 bridgehead atoms. The lowest BCUT2D eigenvalue weighted by Crippen LogP contribution is -2.05. The Labute approximate surface area is 97.3 Å². The first-order chi connectivity index (χ1) is 8.09. The number of hydrogen-bond donors (Lipinski definition) is 2. The summed E-state index contributed by atoms with van der Waals surface area (Å²) in [5, 5.41) is 10.0. The van der Waals surface area contributed by atoms with Crippen LogP contribution in [-0.4, -0.2) is 5.11 Å². The highest BCUT2D eigenvalue weighted by atomic mass is 19.1. The lowest BCUT2D eigenvalue weighted by molar-refractivity contribution is 0.220. The molecular formula is C13H11F2NO. The number of aliphatic hydroxyl groups is 1. The molecule has 3 N–H and O–H groups in total. The smallest absolute Gasteiger partial charge is 0.146 e. The van der Waals surface area contributed by atoms with Gasteiger partial charge in [0.15, 0.2) is 0 Å². The maximum Gasteiger partial charge on any atom is 0.146 e. The second-order valence-electron chi connectivity index (χ2n) is 3.70. The zero-order valence-electron chi connectivity index (χ0n) is 8.90. The molecule has 17 heavy (non-hydrogen) atoms. The van der Waals surface area contributed by atoms with Crippen LogP contribution >= 0.6 is 0 Å². The molecule has 0 saturated carbocycles. The van der Waals surface area contributed by atoms with Crippen LogP contribution in [0, 0.1) is 11.6 Å². The van der Waals surface area contributed by atoms with Gasteiger partial charge >= 0.3 is 0 Å². The van der Waals surface area contributed by atoms with Crippen molar-refractivity contribution in [3.8, 4) is 0 Å². The van der Waals surface area contributed by atoms with E-state index in [1.807, 2.05) is 0 Å². The van der Waals surface area contributed by atoms with Crippen molar-refractivity contribution >= 4 is 5.69 Å². The topological polar surface area (TPSA) is 46.2 Å². The number of benzene rings is 2. The van der Waals surface area contributed by atoms with E-state index in [2.05, 4.69) is 0 Å². The molecule has 1 unspecified atom stereocenters. The van der Waals surface area contributed by atoms with E-state index in [1.54, 1.807) is 0 Å². The minimum Gasteiger partial charge on any atom is -0.396 e. The minimum atomic E-state index is -1.06. The summed E-state index contributed by atoms with van der Waals surface area (Å²) >= 11 is 0. The van der Waals surface area contributed by atoms with Gasteiger partial charge in [0.1, 0.15) is 17.7 Å². The van der Waals surface area contributed by atoms with Crippen molar-refractivity contribution in [2.24, 2.45) is 0 Å². The first kappa shape index (κ1) is 11.5. The van der Waals surface area contributed by atoms with E-state index in [0.29, 0.717) is 5.56 Å². The number of aliphatic hydroxyl groups excluding tert-OH is 1. The van der Waals surface area contributed by atoms with Gasteiger partial charge in [0.2, 0.25) is 0 Å². The summed E-state index contributed by atoms with van der Waals surface area (Å²) in [5.74, 6) is -0.975. The number of halogens is 2. The summed E-state index contributed by atoms with van der Waals surface area (Å²) in [7, 11) is 0. The predicted octanol–water partition coefficient (Wildman–Crippen LogP) is 2.63. The molecule has 0 aliphatic rings. The average molecular weight is 235 g/mol. The molecule has 2 nitrogen and oxygen atoms in total. The number of para-hydroxylation sites is 1. The Balaban J connectivity index is 2.40. The zero-order chi connectivity index (χ0) is 12.4. The van der Waals surface area contributed by atoms with E-state index in [4.69, 9.17) is 5.73 Å². The maximum absolute atomic E-state index is 13.2. The standard InChI is InChI=1S/C13H11F2NO/c14-9-6-4-8(5-7-9)13(17)10-2-1-3-11(15)12(10)16/h1-7,13,17H,16H2. The normalized spacial score (nSPS) is 12.4. The van der Waals surface area contributed by atoms with Gasteiger partial charge in [-0.05, 0) is 23.8 Å². The van der Waals surface area contributed by atoms with Crippen LogP contribution in [0.5, 0.6) is 0 Å². The van der Waals surface area contributed by atoms with Crippen LogP contribution in [0.15, 0.2) is 42.5 Å². The molecule has 0 spiro atoms. The molecule has 2 rings (SSSR count). The molecule has 0 fully saturated rings. The fraction of sp³-hybridized carbons (Fsp3) is 0.0769. The number of hydrogen-bond acceptors (Lipinski definition) is 2. The summed E-state index contributed by atoms with van der Waals surface area (Å²) in [6.07, 6.45) is -1.06. The van der Waals surface area contributed by atoms with Crippen LogP contribution in [0.4, 0.5) is 14.5 Å². The van der Waals surface area contributed by atoms with Crippen molar-refractivity contribution in [1.29, 1.82) is 0 Å². The summed E-state index contributed by atoms with van der Waals surface area (Å²) in [4.78, 5) is 0. The van der Waals surface area contributed by atoms with E-state index in [-0.39, 0.29) is 11.3 Å². The molecule has 0 radical (unpaired) electrons. The van der Waals surface area contributed by atoms with E-state index in [0.717, 1.165) is 0 Å². The maximum atomic E-state index is 13.2. The van der Waals surface area contributed by atoms with Gasteiger partial charge in [0, 0.05) is 5.56 Å². The number of nitrogen functional groups attached to an aromatic ring is 1. The first-order valence-electron chi connectivity index (χ1n) is 5.07. The van der Waals surface area contributed by atoms with Gasteiger partial charge < -0.3 is 10.8 Å². The first-order valence-corrected chi connectivity index (χ1v) is 5.07. The van der Waals surface area contributed by atoms with Crippen molar-refractivity contribution in [2.45, 2.75) is 6.10 Å². The van der Waals surface area contributed by atoms with Crippen LogP contribution in [0.2, 0.25) is 0 Å². The van der Waals surface area contributed by atoms with Gasteiger partial charge in [-0.2, -0.15) is 0 Å². The Morgan fingerprint density at radius 1 is 1.00 bits per heavy atom. The third-order valence-electron chi connectivity index (χ3n) is 2.57. The molecule has 4 heteroatoms. The van der Waals surface area contributed by atoms with E-state index < -0.39 is 17.7 Å². The SMILES string of the molecule is Nc1c(F)cccc1C(O)c1ccc(F)cc1. The molecule has 2 aromatic rings. The Morgan fingerprint density at radius 3 is 2.29 bits per heavy atom. The summed E-state index contributed by atoms with van der Waals surface area (Å²) in [6.45, 7) is 0. The molecule has 0 saturated heterocycles. The monoisotopic (exact) mass is 235 g/mol. The lowest BCUT2D eigenvalue weighted by Gasteiger charge is -2.14. The van der Waals surface area contributed by atoms with Crippen molar-refractivity contribution < 1.29 is 13.9 Å². The highest BCUT2D eigenvalue weighted by Gasteiger charge is 2.15. The number of rotatable bonds is 2. The summed E-state index contributed by atoms with van der Waals surface area (Å²) < 4.78 is 26.0. The highest BCUT2D eigenvalue weighted by Crippen LogP contribution is 2.28. The number of anilines is 1. The van der Waals surface area contributed by atoms with Gasteiger partial charge in [0.25, 0.3) is 0 Å². The van der Waals surface area contributed by atoms with Gasteiger partial charge in [-0.1, -0.05) is 24.3 Å². The molecule has 0 aliphatic carbocycles. The Hall–Kier alpha value is -1.94. The molecule has 1 atom stereocenters. The van der Waals surface area contributed by atoms with Crippen LogP contribution in [0.25, 0.3) is 0 Å². The quantitative estimate of drug-likeness (QED) is 0.786. The summed E-state index contributed by atoms with van der Waals surface area (Å²) in [6, 6.07) is 9.55. The van der Waals surface area contributed by atoms with Crippen LogP contribution in [-0.2, 0) is 0 Å².